The molecule has 0 saturated carbocycles. The summed E-state index contributed by atoms with van der Waals surface area (Å²) in [4.78, 5) is 18.3. The van der Waals surface area contributed by atoms with Gasteiger partial charge in [0.15, 0.2) is 0 Å². The first kappa shape index (κ1) is 14.6. The van der Waals surface area contributed by atoms with Crippen molar-refractivity contribution in [3.8, 4) is 0 Å². The molecule has 1 aliphatic heterocycles. The molecule has 0 aliphatic carbocycles. The van der Waals surface area contributed by atoms with E-state index in [4.69, 9.17) is 0 Å². The van der Waals surface area contributed by atoms with E-state index in [0.717, 1.165) is 19.4 Å². The third-order valence-corrected chi connectivity index (χ3v) is 4.13. The number of rotatable bonds is 5. The van der Waals surface area contributed by atoms with Gasteiger partial charge < -0.3 is 10.2 Å². The Morgan fingerprint density at radius 2 is 2.18 bits per heavy atom. The first-order valence-electron chi connectivity index (χ1n) is 7.78. The number of carbonyl (C=O) groups is 1. The summed E-state index contributed by atoms with van der Waals surface area (Å²) in [5.74, 6) is -0.0528. The Labute approximate surface area is 131 Å². The number of amides is 1. The van der Waals surface area contributed by atoms with Crippen LogP contribution in [-0.2, 0) is 6.42 Å². The van der Waals surface area contributed by atoms with E-state index in [0.29, 0.717) is 18.2 Å². The Bertz CT molecular complexity index is 642. The summed E-state index contributed by atoms with van der Waals surface area (Å²) < 4.78 is 0. The zero-order chi connectivity index (χ0) is 15.4. The maximum Gasteiger partial charge on any atom is 0.252 e. The predicted octanol–water partition coefficient (Wildman–Crippen LogP) is 2.65. The summed E-state index contributed by atoms with van der Waals surface area (Å²) in [5, 5.41) is 2.96. The van der Waals surface area contributed by atoms with Crippen molar-refractivity contribution in [2.75, 3.05) is 18.0 Å². The van der Waals surface area contributed by atoms with Gasteiger partial charge in [-0.25, -0.2) is 0 Å². The molecule has 0 bridgehead atoms. The normalized spacial score (nSPS) is 16.4. The zero-order valence-electron chi connectivity index (χ0n) is 12.8. The van der Waals surface area contributed by atoms with Crippen molar-refractivity contribution in [3.05, 3.63) is 59.9 Å². The smallest absolute Gasteiger partial charge is 0.252 e. The Morgan fingerprint density at radius 1 is 1.32 bits per heavy atom. The summed E-state index contributed by atoms with van der Waals surface area (Å²) in [6.07, 6.45) is 5.31. The Balaban J connectivity index is 1.49. The van der Waals surface area contributed by atoms with Crippen LogP contribution in [0.3, 0.4) is 0 Å². The summed E-state index contributed by atoms with van der Waals surface area (Å²) in [5.41, 5.74) is 3.38. The van der Waals surface area contributed by atoms with Gasteiger partial charge in [0, 0.05) is 37.2 Å². The topological polar surface area (TPSA) is 45.2 Å². The third-order valence-electron chi connectivity index (χ3n) is 4.13. The Hall–Kier alpha value is -2.36. The molecule has 2 heterocycles. The van der Waals surface area contributed by atoms with Gasteiger partial charge in [-0.1, -0.05) is 18.2 Å². The van der Waals surface area contributed by atoms with Crippen LogP contribution < -0.4 is 10.2 Å². The molecule has 1 aromatic carbocycles. The number of fused-ring (bicyclic) bond motifs is 1. The predicted molar refractivity (Wildman–Crippen MR) is 88.1 cm³/mol. The van der Waals surface area contributed by atoms with Gasteiger partial charge in [-0.15, -0.1) is 0 Å². The second-order valence-corrected chi connectivity index (χ2v) is 5.73. The molecular weight excluding hydrogens is 274 g/mol. The lowest BCUT2D eigenvalue weighted by Crippen LogP contribution is -2.33. The molecule has 0 fully saturated rings. The van der Waals surface area contributed by atoms with Crippen molar-refractivity contribution < 1.29 is 4.79 Å². The maximum atomic E-state index is 11.9. The molecule has 1 aliphatic rings. The summed E-state index contributed by atoms with van der Waals surface area (Å²) in [7, 11) is 0. The molecule has 1 amide bonds. The van der Waals surface area contributed by atoms with E-state index < -0.39 is 0 Å². The quantitative estimate of drug-likeness (QED) is 0.863. The van der Waals surface area contributed by atoms with Crippen LogP contribution in [0, 0.1) is 0 Å². The standard InChI is InChI=1S/C18H21N3O/c1-14-12-15-6-2-3-8-17(15)21(14)11-5-10-20-18(22)16-7-4-9-19-13-16/h2-4,6-9,13-14H,5,10-12H2,1H3,(H,20,22)/t14-/m1/s1. The number of aromatic nitrogens is 1. The van der Waals surface area contributed by atoms with Gasteiger partial charge >= 0.3 is 0 Å². The largest absolute Gasteiger partial charge is 0.368 e. The third kappa shape index (κ3) is 3.11. The second-order valence-electron chi connectivity index (χ2n) is 5.73. The highest BCUT2D eigenvalue weighted by Crippen LogP contribution is 2.31. The molecule has 0 spiro atoms. The number of nitrogens with zero attached hydrogens (tertiary/aromatic N) is 2. The van der Waals surface area contributed by atoms with Gasteiger partial charge in [-0.05, 0) is 43.5 Å². The second kappa shape index (κ2) is 6.60. The molecule has 1 N–H and O–H groups in total. The molecule has 114 valence electrons. The SMILES string of the molecule is C[C@@H]1Cc2ccccc2N1CCCNC(=O)c1cccnc1. The van der Waals surface area contributed by atoms with Gasteiger partial charge in [0.25, 0.3) is 5.91 Å². The average Bonchev–Trinajstić information content (AvgIpc) is 2.88. The monoisotopic (exact) mass is 295 g/mol. The lowest BCUT2D eigenvalue weighted by Gasteiger charge is -2.24. The fraction of sp³-hybridized carbons (Fsp3) is 0.333. The van der Waals surface area contributed by atoms with Crippen LogP contribution in [0.15, 0.2) is 48.8 Å². The van der Waals surface area contributed by atoms with E-state index in [9.17, 15) is 4.79 Å². The van der Waals surface area contributed by atoms with E-state index in [1.807, 2.05) is 0 Å². The van der Waals surface area contributed by atoms with Crippen molar-refractivity contribution >= 4 is 11.6 Å². The lowest BCUT2D eigenvalue weighted by molar-refractivity contribution is 0.0953. The summed E-state index contributed by atoms with van der Waals surface area (Å²) >= 11 is 0. The minimum atomic E-state index is -0.0528. The number of pyridine rings is 1. The van der Waals surface area contributed by atoms with Crippen LogP contribution in [0.1, 0.15) is 29.3 Å². The van der Waals surface area contributed by atoms with Gasteiger partial charge in [0.2, 0.25) is 0 Å². The number of hydrogen-bond acceptors (Lipinski definition) is 3. The fourth-order valence-corrected chi connectivity index (χ4v) is 3.02. The molecule has 0 unspecified atom stereocenters. The fourth-order valence-electron chi connectivity index (χ4n) is 3.02. The van der Waals surface area contributed by atoms with Gasteiger partial charge in [0.05, 0.1) is 5.56 Å². The number of anilines is 1. The molecule has 1 atom stereocenters. The van der Waals surface area contributed by atoms with E-state index in [1.165, 1.54) is 11.3 Å². The van der Waals surface area contributed by atoms with Crippen molar-refractivity contribution in [2.24, 2.45) is 0 Å². The van der Waals surface area contributed by atoms with Crippen molar-refractivity contribution in [1.29, 1.82) is 0 Å². The zero-order valence-corrected chi connectivity index (χ0v) is 12.8. The molecule has 1 aromatic heterocycles. The van der Waals surface area contributed by atoms with Crippen LogP contribution in [0.4, 0.5) is 5.69 Å². The first-order valence-corrected chi connectivity index (χ1v) is 7.78. The molecule has 0 radical (unpaired) electrons. The van der Waals surface area contributed by atoms with Crippen LogP contribution in [-0.4, -0.2) is 30.0 Å². The van der Waals surface area contributed by atoms with Gasteiger partial charge in [-0.3, -0.25) is 9.78 Å². The number of para-hydroxylation sites is 1. The lowest BCUT2D eigenvalue weighted by atomic mass is 10.1. The van der Waals surface area contributed by atoms with E-state index in [-0.39, 0.29) is 5.91 Å². The first-order chi connectivity index (χ1) is 10.8. The highest BCUT2D eigenvalue weighted by molar-refractivity contribution is 5.93. The molecule has 0 saturated heterocycles. The minimum absolute atomic E-state index is 0.0528. The molecule has 4 nitrogen and oxygen atoms in total. The maximum absolute atomic E-state index is 11.9. The highest BCUT2D eigenvalue weighted by atomic mass is 16.1. The molecular formula is C18H21N3O. The number of nitrogens with one attached hydrogen (secondary N) is 1. The Kier molecular flexibility index (Phi) is 4.37. The molecule has 22 heavy (non-hydrogen) atoms. The van der Waals surface area contributed by atoms with Gasteiger partial charge in [0.1, 0.15) is 0 Å². The van der Waals surface area contributed by atoms with Crippen molar-refractivity contribution in [2.45, 2.75) is 25.8 Å². The average molecular weight is 295 g/mol. The number of hydrogen-bond donors (Lipinski definition) is 1. The van der Waals surface area contributed by atoms with Crippen LogP contribution in [0.5, 0.6) is 0 Å². The summed E-state index contributed by atoms with van der Waals surface area (Å²) in [6, 6.07) is 12.7. The minimum Gasteiger partial charge on any atom is -0.368 e. The molecule has 4 heteroatoms. The number of benzene rings is 1. The van der Waals surface area contributed by atoms with Crippen LogP contribution >= 0.6 is 0 Å². The number of carbonyl (C=O) groups excluding carboxylic acids is 1. The van der Waals surface area contributed by atoms with Crippen LogP contribution in [0.25, 0.3) is 0 Å². The van der Waals surface area contributed by atoms with E-state index in [2.05, 4.69) is 46.4 Å². The van der Waals surface area contributed by atoms with Crippen LogP contribution in [0.2, 0.25) is 0 Å². The highest BCUT2D eigenvalue weighted by Gasteiger charge is 2.24. The van der Waals surface area contributed by atoms with Gasteiger partial charge in [-0.2, -0.15) is 0 Å². The molecule has 2 aromatic rings. The Morgan fingerprint density at radius 3 is 3.00 bits per heavy atom. The van der Waals surface area contributed by atoms with E-state index in [1.54, 1.807) is 24.5 Å². The van der Waals surface area contributed by atoms with Crippen molar-refractivity contribution in [1.82, 2.24) is 10.3 Å². The van der Waals surface area contributed by atoms with E-state index >= 15 is 0 Å². The molecule has 3 rings (SSSR count). The van der Waals surface area contributed by atoms with Crippen molar-refractivity contribution in [3.63, 3.8) is 0 Å². The summed E-state index contributed by atoms with van der Waals surface area (Å²) in [6.45, 7) is 3.90.